The number of nitrogens with zero attached hydrogens (tertiary/aromatic N) is 4. The van der Waals surface area contributed by atoms with Crippen molar-refractivity contribution < 1.29 is 0 Å². The fourth-order valence-corrected chi connectivity index (χ4v) is 1.76. The van der Waals surface area contributed by atoms with E-state index in [1.54, 1.807) is 0 Å². The minimum Gasteiger partial charge on any atom is -0.341 e. The van der Waals surface area contributed by atoms with Crippen LogP contribution in [0.1, 0.15) is 18.4 Å². The summed E-state index contributed by atoms with van der Waals surface area (Å²) in [6, 6.07) is 2.32. The Labute approximate surface area is 89.6 Å². The van der Waals surface area contributed by atoms with Gasteiger partial charge in [0.1, 0.15) is 0 Å². The van der Waals surface area contributed by atoms with E-state index in [9.17, 15) is 0 Å². The van der Waals surface area contributed by atoms with Crippen LogP contribution in [0.4, 0.5) is 5.95 Å². The smallest absolute Gasteiger partial charge is 0.225 e. The summed E-state index contributed by atoms with van der Waals surface area (Å²) in [6.45, 7) is 3.76. The molecule has 0 atom stereocenters. The van der Waals surface area contributed by atoms with E-state index in [-0.39, 0.29) is 5.92 Å². The SMILES string of the molecule is Cc1cnc(N2CCC(C#N)CC2)nc1. The zero-order valence-electron chi connectivity index (χ0n) is 8.85. The predicted molar refractivity (Wildman–Crippen MR) is 57.3 cm³/mol. The topological polar surface area (TPSA) is 52.8 Å². The van der Waals surface area contributed by atoms with E-state index in [0.29, 0.717) is 0 Å². The minimum atomic E-state index is 0.215. The molecule has 4 heteroatoms. The Morgan fingerprint density at radius 2 is 1.93 bits per heavy atom. The van der Waals surface area contributed by atoms with Gasteiger partial charge in [0.15, 0.2) is 0 Å². The highest BCUT2D eigenvalue weighted by molar-refractivity contribution is 5.30. The number of hydrogen-bond acceptors (Lipinski definition) is 4. The summed E-state index contributed by atoms with van der Waals surface area (Å²) in [4.78, 5) is 10.7. The number of rotatable bonds is 1. The summed E-state index contributed by atoms with van der Waals surface area (Å²) in [5, 5.41) is 8.78. The maximum absolute atomic E-state index is 8.78. The third-order valence-corrected chi connectivity index (χ3v) is 2.73. The molecule has 0 bridgehead atoms. The van der Waals surface area contributed by atoms with Crippen molar-refractivity contribution in [2.75, 3.05) is 18.0 Å². The third-order valence-electron chi connectivity index (χ3n) is 2.73. The van der Waals surface area contributed by atoms with Gasteiger partial charge in [-0.15, -0.1) is 0 Å². The van der Waals surface area contributed by atoms with Crippen LogP contribution in [-0.2, 0) is 0 Å². The Morgan fingerprint density at radius 1 is 1.33 bits per heavy atom. The summed E-state index contributed by atoms with van der Waals surface area (Å²) in [6.07, 6.45) is 5.51. The number of anilines is 1. The maximum atomic E-state index is 8.78. The molecule has 1 fully saturated rings. The molecule has 0 spiro atoms. The molecule has 0 aromatic carbocycles. The van der Waals surface area contributed by atoms with Gasteiger partial charge in [-0.25, -0.2) is 9.97 Å². The molecule has 0 saturated carbocycles. The lowest BCUT2D eigenvalue weighted by Crippen LogP contribution is -2.34. The first-order valence-electron chi connectivity index (χ1n) is 5.23. The molecule has 4 nitrogen and oxygen atoms in total. The Morgan fingerprint density at radius 3 is 2.47 bits per heavy atom. The zero-order chi connectivity index (χ0) is 10.7. The first-order valence-corrected chi connectivity index (χ1v) is 5.23. The van der Waals surface area contributed by atoms with Gasteiger partial charge in [0.05, 0.1) is 6.07 Å². The number of piperidine rings is 1. The normalized spacial score (nSPS) is 17.5. The van der Waals surface area contributed by atoms with Crippen LogP contribution in [0, 0.1) is 24.2 Å². The largest absolute Gasteiger partial charge is 0.341 e. The molecular formula is C11H14N4. The summed E-state index contributed by atoms with van der Waals surface area (Å²) in [5.41, 5.74) is 1.07. The van der Waals surface area contributed by atoms with Gasteiger partial charge < -0.3 is 4.90 Å². The number of aromatic nitrogens is 2. The minimum absolute atomic E-state index is 0.215. The second kappa shape index (κ2) is 4.26. The van der Waals surface area contributed by atoms with E-state index < -0.39 is 0 Å². The second-order valence-corrected chi connectivity index (χ2v) is 3.95. The van der Waals surface area contributed by atoms with Crippen LogP contribution in [0.25, 0.3) is 0 Å². The van der Waals surface area contributed by atoms with Crippen molar-refractivity contribution in [2.45, 2.75) is 19.8 Å². The van der Waals surface area contributed by atoms with Crippen LogP contribution >= 0.6 is 0 Å². The van der Waals surface area contributed by atoms with Crippen molar-refractivity contribution in [3.63, 3.8) is 0 Å². The van der Waals surface area contributed by atoms with Crippen molar-refractivity contribution in [3.05, 3.63) is 18.0 Å². The van der Waals surface area contributed by atoms with Gasteiger partial charge in [-0.2, -0.15) is 5.26 Å². The zero-order valence-corrected chi connectivity index (χ0v) is 8.85. The molecule has 0 amide bonds. The molecule has 0 unspecified atom stereocenters. The van der Waals surface area contributed by atoms with E-state index in [1.165, 1.54) is 0 Å². The van der Waals surface area contributed by atoms with Crippen LogP contribution in [0.5, 0.6) is 0 Å². The maximum Gasteiger partial charge on any atom is 0.225 e. The van der Waals surface area contributed by atoms with Crippen LogP contribution < -0.4 is 4.90 Å². The first-order chi connectivity index (χ1) is 7.29. The second-order valence-electron chi connectivity index (χ2n) is 3.95. The molecule has 1 aliphatic rings. The molecule has 1 aromatic heterocycles. The monoisotopic (exact) mass is 202 g/mol. The van der Waals surface area contributed by atoms with Gasteiger partial charge in [-0.1, -0.05) is 0 Å². The molecular weight excluding hydrogens is 188 g/mol. The van der Waals surface area contributed by atoms with Crippen LogP contribution in [0.15, 0.2) is 12.4 Å². The Kier molecular flexibility index (Phi) is 2.82. The van der Waals surface area contributed by atoms with Crippen molar-refractivity contribution >= 4 is 5.95 Å². The highest BCUT2D eigenvalue weighted by Gasteiger charge is 2.20. The molecule has 78 valence electrons. The molecule has 2 heterocycles. The number of aryl methyl sites for hydroxylation is 1. The van der Waals surface area contributed by atoms with E-state index >= 15 is 0 Å². The first kappa shape index (κ1) is 9.91. The fourth-order valence-electron chi connectivity index (χ4n) is 1.76. The van der Waals surface area contributed by atoms with Crippen molar-refractivity contribution in [2.24, 2.45) is 5.92 Å². The highest BCUT2D eigenvalue weighted by atomic mass is 15.2. The average molecular weight is 202 g/mol. The molecule has 1 aliphatic heterocycles. The van der Waals surface area contributed by atoms with Gasteiger partial charge >= 0.3 is 0 Å². The number of nitriles is 1. The Bertz CT molecular complexity index is 357. The number of hydrogen-bond donors (Lipinski definition) is 0. The van der Waals surface area contributed by atoms with Crippen molar-refractivity contribution in [1.29, 1.82) is 5.26 Å². The molecule has 0 aliphatic carbocycles. The fraction of sp³-hybridized carbons (Fsp3) is 0.545. The van der Waals surface area contributed by atoms with Crippen LogP contribution in [0.3, 0.4) is 0 Å². The predicted octanol–water partition coefficient (Wildman–Crippen LogP) is 1.52. The van der Waals surface area contributed by atoms with Crippen molar-refractivity contribution in [1.82, 2.24) is 9.97 Å². The van der Waals surface area contributed by atoms with Gasteiger partial charge in [0.25, 0.3) is 0 Å². The quantitative estimate of drug-likeness (QED) is 0.693. The molecule has 1 aromatic rings. The van der Waals surface area contributed by atoms with Crippen LogP contribution in [0.2, 0.25) is 0 Å². The summed E-state index contributed by atoms with van der Waals surface area (Å²) >= 11 is 0. The lowest BCUT2D eigenvalue weighted by molar-refractivity contribution is 0.482. The third kappa shape index (κ3) is 2.24. The molecule has 0 radical (unpaired) electrons. The van der Waals surface area contributed by atoms with E-state index in [1.807, 2.05) is 19.3 Å². The summed E-state index contributed by atoms with van der Waals surface area (Å²) < 4.78 is 0. The standard InChI is InChI=1S/C11H14N4/c1-9-7-13-11(14-8-9)15-4-2-10(6-12)3-5-15/h7-8,10H,2-5H2,1H3. The average Bonchev–Trinajstić information content (AvgIpc) is 2.30. The molecule has 2 rings (SSSR count). The summed E-state index contributed by atoms with van der Waals surface area (Å²) in [5.74, 6) is 1.00. The van der Waals surface area contributed by atoms with Gasteiger partial charge in [-0.3, -0.25) is 0 Å². The summed E-state index contributed by atoms with van der Waals surface area (Å²) in [7, 11) is 0. The van der Waals surface area contributed by atoms with Crippen molar-refractivity contribution in [3.8, 4) is 6.07 Å². The Hall–Kier alpha value is -1.63. The Balaban J connectivity index is 2.02. The van der Waals surface area contributed by atoms with E-state index in [0.717, 1.165) is 37.4 Å². The van der Waals surface area contributed by atoms with Crippen LogP contribution in [-0.4, -0.2) is 23.1 Å². The lowest BCUT2D eigenvalue weighted by Gasteiger charge is -2.28. The van der Waals surface area contributed by atoms with E-state index in [4.69, 9.17) is 5.26 Å². The molecule has 15 heavy (non-hydrogen) atoms. The molecule has 0 N–H and O–H groups in total. The van der Waals surface area contributed by atoms with Gasteiger partial charge in [-0.05, 0) is 25.3 Å². The van der Waals surface area contributed by atoms with E-state index in [2.05, 4.69) is 20.9 Å². The molecule has 1 saturated heterocycles. The van der Waals surface area contributed by atoms with Gasteiger partial charge in [0, 0.05) is 31.4 Å². The highest BCUT2D eigenvalue weighted by Crippen LogP contribution is 2.19. The van der Waals surface area contributed by atoms with Gasteiger partial charge in [0.2, 0.25) is 5.95 Å². The lowest BCUT2D eigenvalue weighted by atomic mass is 9.99.